The minimum absolute atomic E-state index is 1.02. The summed E-state index contributed by atoms with van der Waals surface area (Å²) in [4.78, 5) is 4.45. The summed E-state index contributed by atoms with van der Waals surface area (Å²) in [5.41, 5.74) is 9.62. The van der Waals surface area contributed by atoms with Crippen molar-refractivity contribution in [3.05, 3.63) is 60.0 Å². The van der Waals surface area contributed by atoms with E-state index in [0.29, 0.717) is 0 Å². The minimum Gasteiger partial charge on any atom is -0.334 e. The van der Waals surface area contributed by atoms with Gasteiger partial charge in [0.05, 0.1) is 17.4 Å². The van der Waals surface area contributed by atoms with Crippen LogP contribution in [0.4, 0.5) is 0 Å². The fraction of sp³-hybridized carbons (Fsp3) is 0.238. The first-order valence-corrected chi connectivity index (χ1v) is 8.79. The summed E-state index contributed by atoms with van der Waals surface area (Å²) in [6.45, 7) is 3.15. The first-order valence-electron chi connectivity index (χ1n) is 8.79. The van der Waals surface area contributed by atoms with Crippen molar-refractivity contribution in [2.24, 2.45) is 7.05 Å². The fourth-order valence-corrected chi connectivity index (χ4v) is 3.91. The maximum absolute atomic E-state index is 4.96. The van der Waals surface area contributed by atoms with E-state index in [2.05, 4.69) is 63.6 Å². The van der Waals surface area contributed by atoms with Gasteiger partial charge < -0.3 is 4.57 Å². The number of hydrogen-bond acceptors (Lipinski definition) is 2. The van der Waals surface area contributed by atoms with Crippen LogP contribution in [-0.4, -0.2) is 19.3 Å². The fourth-order valence-electron chi connectivity index (χ4n) is 3.91. The Hall–Kier alpha value is -2.88. The van der Waals surface area contributed by atoms with Gasteiger partial charge in [-0.3, -0.25) is 4.68 Å². The first kappa shape index (κ1) is 14.5. The van der Waals surface area contributed by atoms with Crippen molar-refractivity contribution in [3.8, 4) is 22.4 Å². The van der Waals surface area contributed by atoms with E-state index in [-0.39, 0.29) is 0 Å². The van der Waals surface area contributed by atoms with Crippen LogP contribution >= 0.6 is 0 Å². The van der Waals surface area contributed by atoms with Crippen LogP contribution in [0.3, 0.4) is 0 Å². The van der Waals surface area contributed by atoms with Crippen LogP contribution in [0.15, 0.2) is 48.8 Å². The van der Waals surface area contributed by atoms with Crippen LogP contribution in [0.1, 0.15) is 17.7 Å². The molecule has 1 aliphatic heterocycles. The molecule has 4 nitrogen and oxygen atoms in total. The van der Waals surface area contributed by atoms with Crippen molar-refractivity contribution >= 4 is 11.0 Å². The third kappa shape index (κ3) is 2.21. The molecule has 2 aromatic carbocycles. The lowest BCUT2D eigenvalue weighted by molar-refractivity contribution is 0.659. The second kappa shape index (κ2) is 5.31. The lowest BCUT2D eigenvalue weighted by atomic mass is 9.97. The highest BCUT2D eigenvalue weighted by Crippen LogP contribution is 2.38. The summed E-state index contributed by atoms with van der Waals surface area (Å²) in [6, 6.07) is 15.2. The highest BCUT2D eigenvalue weighted by atomic mass is 15.3. The molecule has 4 aromatic rings. The molecular weight excluding hydrogens is 308 g/mol. The third-order valence-electron chi connectivity index (χ3n) is 5.15. The van der Waals surface area contributed by atoms with Crippen molar-refractivity contribution in [3.63, 3.8) is 0 Å². The molecule has 0 spiro atoms. The average molecular weight is 328 g/mol. The maximum atomic E-state index is 4.96. The lowest BCUT2D eigenvalue weighted by Gasteiger charge is -2.07. The molecule has 0 radical (unpaired) electrons. The number of benzene rings is 2. The van der Waals surface area contributed by atoms with Crippen LogP contribution < -0.4 is 0 Å². The maximum Gasteiger partial charge on any atom is 0.100 e. The number of fused-ring (bicyclic) bond motifs is 2. The Morgan fingerprint density at radius 1 is 1.04 bits per heavy atom. The molecule has 25 heavy (non-hydrogen) atoms. The zero-order chi connectivity index (χ0) is 17.0. The Morgan fingerprint density at radius 3 is 2.84 bits per heavy atom. The van der Waals surface area contributed by atoms with Crippen molar-refractivity contribution in [1.82, 2.24) is 19.3 Å². The van der Waals surface area contributed by atoms with Gasteiger partial charge in [-0.25, -0.2) is 4.98 Å². The molecule has 0 saturated heterocycles. The van der Waals surface area contributed by atoms with Crippen LogP contribution in [0, 0.1) is 6.92 Å². The van der Waals surface area contributed by atoms with E-state index in [4.69, 9.17) is 5.10 Å². The molecule has 2 aromatic heterocycles. The first-order chi connectivity index (χ1) is 12.2. The summed E-state index contributed by atoms with van der Waals surface area (Å²) < 4.78 is 4.27. The van der Waals surface area contributed by atoms with E-state index in [1.54, 1.807) is 0 Å². The topological polar surface area (TPSA) is 35.6 Å². The predicted molar refractivity (Wildman–Crippen MR) is 100 cm³/mol. The van der Waals surface area contributed by atoms with Gasteiger partial charge in [-0.15, -0.1) is 0 Å². The summed E-state index contributed by atoms with van der Waals surface area (Å²) in [7, 11) is 2.04. The molecule has 0 aliphatic carbocycles. The standard InChI is InChI=1S/C21H20N4/c1-14-5-3-6-16(11-14)21-20(18-7-4-10-25(18)23-21)15-8-9-17-19(12-15)24(2)13-22-17/h3,5-6,8-9,11-13H,4,7,10H2,1-2H3. The summed E-state index contributed by atoms with van der Waals surface area (Å²) in [5, 5.41) is 4.96. The Labute approximate surface area is 146 Å². The smallest absolute Gasteiger partial charge is 0.100 e. The van der Waals surface area contributed by atoms with Gasteiger partial charge in [0.15, 0.2) is 0 Å². The molecule has 0 atom stereocenters. The van der Waals surface area contributed by atoms with E-state index < -0.39 is 0 Å². The third-order valence-corrected chi connectivity index (χ3v) is 5.15. The molecular formula is C21H20N4. The average Bonchev–Trinajstić information content (AvgIpc) is 3.29. The number of aryl methyl sites for hydroxylation is 3. The largest absolute Gasteiger partial charge is 0.334 e. The molecule has 0 N–H and O–H groups in total. The molecule has 124 valence electrons. The quantitative estimate of drug-likeness (QED) is 0.548. The Kier molecular flexibility index (Phi) is 3.07. The highest BCUT2D eigenvalue weighted by Gasteiger charge is 2.24. The normalized spacial score (nSPS) is 13.5. The Morgan fingerprint density at radius 2 is 1.96 bits per heavy atom. The number of rotatable bonds is 2. The van der Waals surface area contributed by atoms with Crippen LogP contribution in [0.5, 0.6) is 0 Å². The molecule has 1 aliphatic rings. The van der Waals surface area contributed by atoms with E-state index in [1.807, 2.05) is 13.4 Å². The Balaban J connectivity index is 1.78. The van der Waals surface area contributed by atoms with E-state index >= 15 is 0 Å². The van der Waals surface area contributed by atoms with Crippen molar-refractivity contribution in [2.75, 3.05) is 0 Å². The van der Waals surface area contributed by atoms with E-state index in [1.165, 1.54) is 34.4 Å². The molecule has 4 heteroatoms. The van der Waals surface area contributed by atoms with Crippen LogP contribution in [0.2, 0.25) is 0 Å². The zero-order valence-electron chi connectivity index (χ0n) is 14.5. The second-order valence-electron chi connectivity index (χ2n) is 6.93. The predicted octanol–water partition coefficient (Wildman–Crippen LogP) is 4.36. The van der Waals surface area contributed by atoms with Gasteiger partial charge in [-0.05, 0) is 43.5 Å². The molecule has 0 amide bonds. The van der Waals surface area contributed by atoms with Gasteiger partial charge >= 0.3 is 0 Å². The van der Waals surface area contributed by atoms with Gasteiger partial charge in [0.1, 0.15) is 5.69 Å². The van der Waals surface area contributed by atoms with Crippen LogP contribution in [-0.2, 0) is 20.0 Å². The monoisotopic (exact) mass is 328 g/mol. The van der Waals surface area contributed by atoms with Gasteiger partial charge in [0, 0.05) is 30.4 Å². The molecule has 0 fully saturated rings. The molecule has 0 bridgehead atoms. The number of imidazole rings is 1. The van der Waals surface area contributed by atoms with E-state index in [0.717, 1.165) is 29.7 Å². The molecule has 5 rings (SSSR count). The molecule has 0 saturated carbocycles. The van der Waals surface area contributed by atoms with Crippen molar-refractivity contribution in [1.29, 1.82) is 0 Å². The SMILES string of the molecule is Cc1cccc(-c2nn3c(c2-c2ccc4ncn(C)c4c2)CCC3)c1. The van der Waals surface area contributed by atoms with E-state index in [9.17, 15) is 0 Å². The minimum atomic E-state index is 1.02. The highest BCUT2D eigenvalue weighted by molar-refractivity contribution is 5.88. The van der Waals surface area contributed by atoms with Crippen molar-refractivity contribution in [2.45, 2.75) is 26.3 Å². The number of nitrogens with zero attached hydrogens (tertiary/aromatic N) is 4. The zero-order valence-corrected chi connectivity index (χ0v) is 14.5. The summed E-state index contributed by atoms with van der Waals surface area (Å²) in [6.07, 6.45) is 4.15. The number of hydrogen-bond donors (Lipinski definition) is 0. The van der Waals surface area contributed by atoms with Gasteiger partial charge in [0.25, 0.3) is 0 Å². The van der Waals surface area contributed by atoms with Crippen molar-refractivity contribution < 1.29 is 0 Å². The van der Waals surface area contributed by atoms with Crippen LogP contribution in [0.25, 0.3) is 33.4 Å². The van der Waals surface area contributed by atoms with Gasteiger partial charge in [0.2, 0.25) is 0 Å². The lowest BCUT2D eigenvalue weighted by Crippen LogP contribution is -1.94. The van der Waals surface area contributed by atoms with Gasteiger partial charge in [-0.1, -0.05) is 29.8 Å². The Bertz CT molecular complexity index is 1100. The molecule has 3 heterocycles. The number of aromatic nitrogens is 4. The summed E-state index contributed by atoms with van der Waals surface area (Å²) in [5.74, 6) is 0. The molecule has 0 unspecified atom stereocenters. The second-order valence-corrected chi connectivity index (χ2v) is 6.93. The van der Waals surface area contributed by atoms with Gasteiger partial charge in [-0.2, -0.15) is 5.10 Å². The summed E-state index contributed by atoms with van der Waals surface area (Å²) >= 11 is 0.